The molecule has 0 aromatic carbocycles. The van der Waals surface area contributed by atoms with Gasteiger partial charge in [-0.05, 0) is 54.0 Å². The van der Waals surface area contributed by atoms with Gasteiger partial charge >= 0.3 is 0 Å². The SMILES string of the molecule is CCCCOC1CCC(COc2cnc(Br)n3cnnc23)CC1. The van der Waals surface area contributed by atoms with Crippen LogP contribution in [-0.4, -0.2) is 38.9 Å². The third-order valence-corrected chi connectivity index (χ3v) is 4.96. The smallest absolute Gasteiger partial charge is 0.206 e. The number of fused-ring (bicyclic) bond motifs is 1. The van der Waals surface area contributed by atoms with Crippen LogP contribution in [0.2, 0.25) is 0 Å². The number of halogens is 1. The van der Waals surface area contributed by atoms with Crippen molar-refractivity contribution in [1.82, 2.24) is 19.6 Å². The van der Waals surface area contributed by atoms with Gasteiger partial charge in [0, 0.05) is 6.61 Å². The van der Waals surface area contributed by atoms with Crippen LogP contribution in [0, 0.1) is 5.92 Å². The number of aromatic nitrogens is 4. The normalized spacial score (nSPS) is 21.7. The lowest BCUT2D eigenvalue weighted by atomic mass is 9.88. The van der Waals surface area contributed by atoms with E-state index in [1.807, 2.05) is 0 Å². The van der Waals surface area contributed by atoms with Gasteiger partial charge in [-0.15, -0.1) is 10.2 Å². The summed E-state index contributed by atoms with van der Waals surface area (Å²) in [7, 11) is 0. The molecule has 0 radical (unpaired) electrons. The molecule has 0 saturated heterocycles. The van der Waals surface area contributed by atoms with E-state index in [-0.39, 0.29) is 0 Å². The number of ether oxygens (including phenoxy) is 2. The zero-order valence-electron chi connectivity index (χ0n) is 13.4. The molecule has 6 nitrogen and oxygen atoms in total. The molecular formula is C16H23BrN4O2. The Morgan fingerprint density at radius 2 is 2.13 bits per heavy atom. The predicted molar refractivity (Wildman–Crippen MR) is 90.6 cm³/mol. The minimum absolute atomic E-state index is 0.440. The van der Waals surface area contributed by atoms with Gasteiger partial charge in [-0.1, -0.05) is 13.3 Å². The fourth-order valence-corrected chi connectivity index (χ4v) is 3.30. The van der Waals surface area contributed by atoms with Gasteiger partial charge in [0.05, 0.1) is 18.9 Å². The molecule has 0 spiro atoms. The van der Waals surface area contributed by atoms with Gasteiger partial charge in [0.15, 0.2) is 10.5 Å². The van der Waals surface area contributed by atoms with E-state index in [2.05, 4.69) is 38.0 Å². The zero-order valence-corrected chi connectivity index (χ0v) is 15.0. The van der Waals surface area contributed by atoms with Crippen molar-refractivity contribution < 1.29 is 9.47 Å². The van der Waals surface area contributed by atoms with E-state index in [4.69, 9.17) is 9.47 Å². The first kappa shape index (κ1) is 16.6. The highest BCUT2D eigenvalue weighted by Crippen LogP contribution is 2.28. The molecule has 1 aliphatic carbocycles. The Labute approximate surface area is 144 Å². The Bertz CT molecular complexity index is 626. The first-order valence-corrected chi connectivity index (χ1v) is 9.16. The average Bonchev–Trinajstić information content (AvgIpc) is 3.07. The molecule has 1 aliphatic rings. The summed E-state index contributed by atoms with van der Waals surface area (Å²) in [6.45, 7) is 3.80. The van der Waals surface area contributed by atoms with Crippen LogP contribution in [-0.2, 0) is 4.74 Å². The monoisotopic (exact) mass is 382 g/mol. The summed E-state index contributed by atoms with van der Waals surface area (Å²) in [4.78, 5) is 4.25. The van der Waals surface area contributed by atoms with Crippen molar-refractivity contribution >= 4 is 21.6 Å². The van der Waals surface area contributed by atoms with Crippen molar-refractivity contribution in [3.63, 3.8) is 0 Å². The topological polar surface area (TPSA) is 61.5 Å². The molecule has 1 fully saturated rings. The molecule has 126 valence electrons. The molecule has 0 atom stereocenters. The maximum absolute atomic E-state index is 5.96. The summed E-state index contributed by atoms with van der Waals surface area (Å²) in [6.07, 6.45) is 10.7. The molecule has 1 saturated carbocycles. The summed E-state index contributed by atoms with van der Waals surface area (Å²) in [5.41, 5.74) is 0.698. The Morgan fingerprint density at radius 3 is 2.91 bits per heavy atom. The highest BCUT2D eigenvalue weighted by Gasteiger charge is 2.22. The molecular weight excluding hydrogens is 360 g/mol. The number of rotatable bonds is 7. The minimum atomic E-state index is 0.440. The van der Waals surface area contributed by atoms with Gasteiger partial charge in [0.25, 0.3) is 0 Å². The first-order chi connectivity index (χ1) is 11.3. The quantitative estimate of drug-likeness (QED) is 0.540. The molecule has 3 rings (SSSR count). The van der Waals surface area contributed by atoms with Crippen LogP contribution in [0.5, 0.6) is 5.75 Å². The van der Waals surface area contributed by atoms with Crippen LogP contribution < -0.4 is 4.74 Å². The number of nitrogens with zero attached hydrogens (tertiary/aromatic N) is 4. The van der Waals surface area contributed by atoms with Crippen LogP contribution in [0.15, 0.2) is 17.3 Å². The molecule has 0 amide bonds. The summed E-state index contributed by atoms with van der Waals surface area (Å²) in [6, 6.07) is 0. The number of unbranched alkanes of at least 4 members (excludes halogenated alkanes) is 1. The Kier molecular flexibility index (Phi) is 5.83. The molecule has 23 heavy (non-hydrogen) atoms. The second-order valence-electron chi connectivity index (χ2n) is 6.09. The van der Waals surface area contributed by atoms with E-state index in [1.54, 1.807) is 16.9 Å². The lowest BCUT2D eigenvalue weighted by Gasteiger charge is -2.28. The van der Waals surface area contributed by atoms with Crippen LogP contribution in [0.4, 0.5) is 0 Å². The fourth-order valence-electron chi connectivity index (χ4n) is 2.94. The highest BCUT2D eigenvalue weighted by atomic mass is 79.9. The van der Waals surface area contributed by atoms with E-state index in [0.29, 0.717) is 34.8 Å². The minimum Gasteiger partial charge on any atom is -0.488 e. The van der Waals surface area contributed by atoms with Crippen molar-refractivity contribution in [3.8, 4) is 5.75 Å². The van der Waals surface area contributed by atoms with E-state index in [0.717, 1.165) is 38.7 Å². The third kappa shape index (κ3) is 4.20. The summed E-state index contributed by atoms with van der Waals surface area (Å²) >= 11 is 3.37. The van der Waals surface area contributed by atoms with Gasteiger partial charge in [-0.25, -0.2) is 4.98 Å². The molecule has 7 heteroatoms. The average molecular weight is 383 g/mol. The van der Waals surface area contributed by atoms with Crippen molar-refractivity contribution in [2.75, 3.05) is 13.2 Å². The second-order valence-corrected chi connectivity index (χ2v) is 6.80. The summed E-state index contributed by atoms with van der Waals surface area (Å²) < 4.78 is 14.3. The van der Waals surface area contributed by atoms with E-state index in [1.165, 1.54) is 6.42 Å². The van der Waals surface area contributed by atoms with Gasteiger partial charge in [-0.2, -0.15) is 0 Å². The molecule has 2 aromatic heterocycles. The van der Waals surface area contributed by atoms with Crippen molar-refractivity contribution in [2.24, 2.45) is 5.92 Å². The van der Waals surface area contributed by atoms with Gasteiger partial charge in [0.2, 0.25) is 5.65 Å². The van der Waals surface area contributed by atoms with Gasteiger partial charge < -0.3 is 9.47 Å². The highest BCUT2D eigenvalue weighted by molar-refractivity contribution is 9.10. The van der Waals surface area contributed by atoms with Crippen molar-refractivity contribution in [3.05, 3.63) is 17.3 Å². The number of hydrogen-bond donors (Lipinski definition) is 0. The Balaban J connectivity index is 1.48. The van der Waals surface area contributed by atoms with Crippen LogP contribution in [0.25, 0.3) is 5.65 Å². The predicted octanol–water partition coefficient (Wildman–Crippen LogP) is 3.64. The second kappa shape index (κ2) is 8.06. The summed E-state index contributed by atoms with van der Waals surface area (Å²) in [5.74, 6) is 1.26. The Hall–Kier alpha value is -1.21. The first-order valence-electron chi connectivity index (χ1n) is 8.36. The van der Waals surface area contributed by atoms with Crippen LogP contribution in [0.3, 0.4) is 0 Å². The molecule has 2 aromatic rings. The van der Waals surface area contributed by atoms with Gasteiger partial charge in [0.1, 0.15) is 6.33 Å². The lowest BCUT2D eigenvalue weighted by molar-refractivity contribution is 0.0116. The van der Waals surface area contributed by atoms with E-state index < -0.39 is 0 Å². The Morgan fingerprint density at radius 1 is 1.30 bits per heavy atom. The van der Waals surface area contributed by atoms with E-state index >= 15 is 0 Å². The lowest BCUT2D eigenvalue weighted by Crippen LogP contribution is -2.25. The maximum atomic E-state index is 5.96. The molecule has 0 bridgehead atoms. The molecule has 2 heterocycles. The van der Waals surface area contributed by atoms with Crippen molar-refractivity contribution in [1.29, 1.82) is 0 Å². The van der Waals surface area contributed by atoms with Gasteiger partial charge in [-0.3, -0.25) is 4.40 Å². The van der Waals surface area contributed by atoms with Crippen LogP contribution >= 0.6 is 15.9 Å². The standard InChI is InChI=1S/C16H23BrN4O2/c1-2-3-8-22-13-6-4-12(5-7-13)10-23-14-9-18-16(17)21-11-19-20-15(14)21/h9,11-13H,2-8,10H2,1H3. The maximum Gasteiger partial charge on any atom is 0.206 e. The molecule has 0 N–H and O–H groups in total. The zero-order chi connectivity index (χ0) is 16.1. The van der Waals surface area contributed by atoms with Crippen molar-refractivity contribution in [2.45, 2.75) is 51.6 Å². The van der Waals surface area contributed by atoms with E-state index in [9.17, 15) is 0 Å². The fraction of sp³-hybridized carbons (Fsp3) is 0.688. The largest absolute Gasteiger partial charge is 0.488 e. The third-order valence-electron chi connectivity index (χ3n) is 4.38. The summed E-state index contributed by atoms with van der Waals surface area (Å²) in [5, 5.41) is 8.00. The van der Waals surface area contributed by atoms with Crippen LogP contribution in [0.1, 0.15) is 45.4 Å². The number of hydrogen-bond acceptors (Lipinski definition) is 5. The molecule has 0 unspecified atom stereocenters. The molecule has 0 aliphatic heterocycles.